The van der Waals surface area contributed by atoms with Gasteiger partial charge in [-0.05, 0) is 36.4 Å². The number of rotatable bonds is 8. The quantitative estimate of drug-likeness (QED) is 0.745. The summed E-state index contributed by atoms with van der Waals surface area (Å²) in [5.41, 5.74) is 0.630. The van der Waals surface area contributed by atoms with Gasteiger partial charge in [-0.25, -0.2) is 0 Å². The molecule has 7 nitrogen and oxygen atoms in total. The number of anilines is 1. The second-order valence-corrected chi connectivity index (χ2v) is 5.78. The molecule has 2 rings (SSSR count). The molecule has 0 aliphatic rings. The molecule has 0 heterocycles. The van der Waals surface area contributed by atoms with Crippen molar-refractivity contribution in [2.75, 3.05) is 33.1 Å². The van der Waals surface area contributed by atoms with Crippen molar-refractivity contribution in [3.8, 4) is 17.2 Å². The molecule has 0 atom stereocenters. The molecule has 1 N–H and O–H groups in total. The molecule has 0 fully saturated rings. The van der Waals surface area contributed by atoms with Crippen LogP contribution < -0.4 is 19.5 Å². The van der Waals surface area contributed by atoms with Crippen LogP contribution in [0.15, 0.2) is 42.5 Å². The third-order valence-corrected chi connectivity index (χ3v) is 3.55. The first-order chi connectivity index (χ1) is 13.3. The lowest BCUT2D eigenvalue weighted by Gasteiger charge is -2.17. The van der Waals surface area contributed by atoms with Gasteiger partial charge in [0.1, 0.15) is 5.75 Å². The first-order valence-electron chi connectivity index (χ1n) is 8.18. The third-order valence-electron chi connectivity index (χ3n) is 3.55. The highest BCUT2D eigenvalue weighted by molar-refractivity contribution is 5.98. The second kappa shape index (κ2) is 9.54. The molecule has 2 aromatic carbocycles. The molecule has 0 aliphatic carbocycles. The monoisotopic (exact) mass is 394 g/mol. The maximum absolute atomic E-state index is 12.3. The number of amides is 2. The Balaban J connectivity index is 2.05. The number of halogens is 2. The number of carbonyl (C=O) groups is 2. The van der Waals surface area contributed by atoms with Crippen molar-refractivity contribution in [3.05, 3.63) is 48.0 Å². The van der Waals surface area contributed by atoms with Gasteiger partial charge in [-0.1, -0.05) is 6.07 Å². The number of methoxy groups -OCH3 is 1. The van der Waals surface area contributed by atoms with Gasteiger partial charge in [0.2, 0.25) is 0 Å². The first kappa shape index (κ1) is 20.9. The predicted molar refractivity (Wildman–Crippen MR) is 98.2 cm³/mol. The number of para-hydroxylation sites is 1. The topological polar surface area (TPSA) is 77.1 Å². The van der Waals surface area contributed by atoms with Crippen LogP contribution in [0.2, 0.25) is 0 Å². The van der Waals surface area contributed by atoms with Crippen LogP contribution in [0.1, 0.15) is 10.4 Å². The van der Waals surface area contributed by atoms with Gasteiger partial charge in [0.15, 0.2) is 18.1 Å². The molecule has 2 amide bonds. The molecule has 150 valence electrons. The molecule has 9 heteroatoms. The summed E-state index contributed by atoms with van der Waals surface area (Å²) < 4.78 is 39.3. The van der Waals surface area contributed by atoms with Gasteiger partial charge in [-0.2, -0.15) is 8.78 Å². The fourth-order valence-electron chi connectivity index (χ4n) is 2.29. The van der Waals surface area contributed by atoms with Crippen molar-refractivity contribution in [1.29, 1.82) is 0 Å². The Labute approximate surface area is 160 Å². The van der Waals surface area contributed by atoms with Gasteiger partial charge in [-0.15, -0.1) is 0 Å². The van der Waals surface area contributed by atoms with E-state index in [-0.39, 0.29) is 29.6 Å². The van der Waals surface area contributed by atoms with E-state index < -0.39 is 12.5 Å². The lowest BCUT2D eigenvalue weighted by atomic mass is 10.1. The predicted octanol–water partition coefficient (Wildman–Crippen LogP) is 3.02. The van der Waals surface area contributed by atoms with E-state index in [9.17, 15) is 18.4 Å². The summed E-state index contributed by atoms with van der Waals surface area (Å²) in [6, 6.07) is 10.3. The van der Waals surface area contributed by atoms with E-state index in [4.69, 9.17) is 9.47 Å². The largest absolute Gasteiger partial charge is 0.493 e. The number of carbonyl (C=O) groups excluding carboxylic acids is 2. The van der Waals surface area contributed by atoms with E-state index in [1.807, 2.05) is 0 Å². The van der Waals surface area contributed by atoms with Crippen LogP contribution in [-0.4, -0.2) is 51.1 Å². The summed E-state index contributed by atoms with van der Waals surface area (Å²) in [7, 11) is 4.62. The molecule has 0 aliphatic heterocycles. The highest BCUT2D eigenvalue weighted by Crippen LogP contribution is 2.31. The maximum Gasteiger partial charge on any atom is 0.387 e. The number of hydrogen-bond donors (Lipinski definition) is 1. The fraction of sp³-hybridized carbons (Fsp3) is 0.263. The molecule has 0 saturated carbocycles. The third kappa shape index (κ3) is 5.57. The average Bonchev–Trinajstić information content (AvgIpc) is 2.66. The van der Waals surface area contributed by atoms with E-state index in [1.54, 1.807) is 32.3 Å². The Hall–Kier alpha value is -3.36. The van der Waals surface area contributed by atoms with Crippen LogP contribution in [0.25, 0.3) is 0 Å². The Morgan fingerprint density at radius 2 is 1.79 bits per heavy atom. The molecule has 0 saturated heterocycles. The van der Waals surface area contributed by atoms with Gasteiger partial charge in [0.05, 0.1) is 12.7 Å². The second-order valence-electron chi connectivity index (χ2n) is 5.78. The number of nitrogens with zero attached hydrogens (tertiary/aromatic N) is 1. The smallest absolute Gasteiger partial charge is 0.387 e. The molecule has 0 bridgehead atoms. The van der Waals surface area contributed by atoms with Crippen molar-refractivity contribution in [3.63, 3.8) is 0 Å². The summed E-state index contributed by atoms with van der Waals surface area (Å²) in [4.78, 5) is 25.8. The van der Waals surface area contributed by atoms with Crippen molar-refractivity contribution in [2.45, 2.75) is 6.61 Å². The summed E-state index contributed by atoms with van der Waals surface area (Å²) in [6.45, 7) is -3.31. The highest BCUT2D eigenvalue weighted by Gasteiger charge is 2.19. The number of benzene rings is 2. The van der Waals surface area contributed by atoms with E-state index in [0.717, 1.165) is 0 Å². The zero-order chi connectivity index (χ0) is 20.7. The van der Waals surface area contributed by atoms with Gasteiger partial charge >= 0.3 is 6.61 Å². The normalized spacial score (nSPS) is 10.4. The molecule has 0 unspecified atom stereocenters. The zero-order valence-corrected chi connectivity index (χ0v) is 15.6. The van der Waals surface area contributed by atoms with Gasteiger partial charge in [0.25, 0.3) is 11.8 Å². The van der Waals surface area contributed by atoms with Crippen molar-refractivity contribution >= 4 is 17.5 Å². The van der Waals surface area contributed by atoms with Crippen molar-refractivity contribution in [2.24, 2.45) is 0 Å². The summed E-state index contributed by atoms with van der Waals surface area (Å²) >= 11 is 0. The molecule has 28 heavy (non-hydrogen) atoms. The minimum Gasteiger partial charge on any atom is -0.493 e. The fourth-order valence-corrected chi connectivity index (χ4v) is 2.29. The molecular formula is C19H20F2N2O5. The Morgan fingerprint density at radius 3 is 2.36 bits per heavy atom. The lowest BCUT2D eigenvalue weighted by molar-refractivity contribution is -0.118. The van der Waals surface area contributed by atoms with E-state index >= 15 is 0 Å². The standard InChI is InChI=1S/C19H20F2N2O5/c1-23(2)18(25)14-5-4-6-15(26-3)17(14)27-11-16(24)22-12-7-9-13(10-8-12)28-19(20)21/h4-10,19H,11H2,1-3H3,(H,22,24). The highest BCUT2D eigenvalue weighted by atomic mass is 19.3. The minimum atomic E-state index is -2.92. The Morgan fingerprint density at radius 1 is 1.11 bits per heavy atom. The van der Waals surface area contributed by atoms with Crippen LogP contribution in [0.5, 0.6) is 17.2 Å². The molecule has 0 spiro atoms. The minimum absolute atomic E-state index is 0.0230. The summed E-state index contributed by atoms with van der Waals surface area (Å²) in [5, 5.41) is 2.56. The van der Waals surface area contributed by atoms with Crippen molar-refractivity contribution in [1.82, 2.24) is 4.90 Å². The Kier molecular flexibility index (Phi) is 7.14. The molecule has 2 aromatic rings. The van der Waals surface area contributed by atoms with Crippen molar-refractivity contribution < 1.29 is 32.6 Å². The molecule has 0 radical (unpaired) electrons. The van der Waals surface area contributed by atoms with Crippen LogP contribution in [0.3, 0.4) is 0 Å². The Bertz CT molecular complexity index is 826. The van der Waals surface area contributed by atoms with Gasteiger partial charge in [0, 0.05) is 19.8 Å². The average molecular weight is 394 g/mol. The SMILES string of the molecule is COc1cccc(C(=O)N(C)C)c1OCC(=O)Nc1ccc(OC(F)F)cc1. The van der Waals surface area contributed by atoms with Gasteiger partial charge in [-0.3, -0.25) is 9.59 Å². The lowest BCUT2D eigenvalue weighted by Crippen LogP contribution is -2.24. The summed E-state index contributed by atoms with van der Waals surface area (Å²) in [6.07, 6.45) is 0. The van der Waals surface area contributed by atoms with E-state index in [0.29, 0.717) is 11.4 Å². The summed E-state index contributed by atoms with van der Waals surface area (Å²) in [5.74, 6) is -0.362. The number of ether oxygens (including phenoxy) is 3. The number of alkyl halides is 2. The number of hydrogen-bond acceptors (Lipinski definition) is 5. The van der Waals surface area contributed by atoms with E-state index in [2.05, 4.69) is 10.1 Å². The molecular weight excluding hydrogens is 374 g/mol. The van der Waals surface area contributed by atoms with E-state index in [1.165, 1.54) is 36.3 Å². The number of nitrogens with one attached hydrogen (secondary N) is 1. The van der Waals surface area contributed by atoms with Crippen LogP contribution >= 0.6 is 0 Å². The first-order valence-corrected chi connectivity index (χ1v) is 8.18. The molecule has 0 aromatic heterocycles. The van der Waals surface area contributed by atoms with Crippen LogP contribution in [-0.2, 0) is 4.79 Å². The van der Waals surface area contributed by atoms with Crippen LogP contribution in [0, 0.1) is 0 Å². The van der Waals surface area contributed by atoms with Gasteiger partial charge < -0.3 is 24.4 Å². The zero-order valence-electron chi connectivity index (χ0n) is 15.6. The maximum atomic E-state index is 12.3. The van der Waals surface area contributed by atoms with Crippen LogP contribution in [0.4, 0.5) is 14.5 Å².